The first-order valence-electron chi connectivity index (χ1n) is 9.15. The predicted molar refractivity (Wildman–Crippen MR) is 106 cm³/mol. The Morgan fingerprint density at radius 3 is 2.46 bits per heavy atom. The van der Waals surface area contributed by atoms with E-state index in [1.807, 2.05) is 35.2 Å². The van der Waals surface area contributed by atoms with Gasteiger partial charge in [-0.1, -0.05) is 54.1 Å². The molecule has 1 saturated heterocycles. The van der Waals surface area contributed by atoms with Gasteiger partial charge in [-0.2, -0.15) is 0 Å². The molecule has 1 amide bonds. The van der Waals surface area contributed by atoms with Crippen molar-refractivity contribution in [2.24, 2.45) is 0 Å². The summed E-state index contributed by atoms with van der Waals surface area (Å²) in [5.41, 5.74) is 1.44. The Bertz CT molecular complexity index is 760. The van der Waals surface area contributed by atoms with Crippen LogP contribution in [0.5, 0.6) is 0 Å². The van der Waals surface area contributed by atoms with Crippen LogP contribution in [-0.2, 0) is 4.74 Å². The molecule has 1 heterocycles. The smallest absolute Gasteiger partial charge is 0.256 e. The lowest BCUT2D eigenvalue weighted by atomic mass is 9.90. The highest BCUT2D eigenvalue weighted by Gasteiger charge is 2.37. The molecule has 0 spiro atoms. The molecule has 3 nitrogen and oxygen atoms in total. The highest BCUT2D eigenvalue weighted by Crippen LogP contribution is 2.34. The summed E-state index contributed by atoms with van der Waals surface area (Å²) in [7, 11) is 0. The van der Waals surface area contributed by atoms with Crippen molar-refractivity contribution in [1.82, 2.24) is 4.90 Å². The topological polar surface area (TPSA) is 29.5 Å². The molecule has 138 valence electrons. The van der Waals surface area contributed by atoms with Crippen LogP contribution in [0.15, 0.2) is 54.6 Å². The molecule has 0 bridgehead atoms. The molecule has 0 N–H and O–H groups in total. The zero-order chi connectivity index (χ0) is 18.7. The van der Waals surface area contributed by atoms with Gasteiger partial charge >= 0.3 is 0 Å². The number of halogens is 1. The molecule has 0 radical (unpaired) electrons. The van der Waals surface area contributed by atoms with E-state index < -0.39 is 0 Å². The number of hydrogen-bond acceptors (Lipinski definition) is 2. The predicted octanol–water partition coefficient (Wildman–Crippen LogP) is 5.50. The minimum atomic E-state index is -0.238. The zero-order valence-corrected chi connectivity index (χ0v) is 16.4. The lowest BCUT2D eigenvalue weighted by Crippen LogP contribution is -2.49. The zero-order valence-electron chi connectivity index (χ0n) is 15.6. The molecule has 0 saturated carbocycles. The number of ether oxygens (including phenoxy) is 1. The number of rotatable bonds is 4. The van der Waals surface area contributed by atoms with Crippen molar-refractivity contribution in [2.75, 3.05) is 6.61 Å². The van der Waals surface area contributed by atoms with Crippen LogP contribution in [0.3, 0.4) is 0 Å². The monoisotopic (exact) mass is 371 g/mol. The van der Waals surface area contributed by atoms with E-state index in [0.717, 1.165) is 18.4 Å². The highest BCUT2D eigenvalue weighted by molar-refractivity contribution is 6.33. The van der Waals surface area contributed by atoms with E-state index >= 15 is 0 Å². The Morgan fingerprint density at radius 2 is 1.81 bits per heavy atom. The van der Waals surface area contributed by atoms with E-state index in [1.165, 1.54) is 0 Å². The van der Waals surface area contributed by atoms with Crippen molar-refractivity contribution in [3.05, 3.63) is 70.7 Å². The summed E-state index contributed by atoms with van der Waals surface area (Å²) in [5.74, 6) is -0.0188. The van der Waals surface area contributed by atoms with Crippen molar-refractivity contribution in [3.63, 3.8) is 0 Å². The van der Waals surface area contributed by atoms with Gasteiger partial charge in [0, 0.05) is 12.6 Å². The fourth-order valence-electron chi connectivity index (χ4n) is 3.76. The SMILES string of the molecule is C[C@H](c1ccccc1)N(C(=O)c1ccccc1Cl)[C@@H]1CCOC(C)(C)C1. The Morgan fingerprint density at radius 1 is 1.15 bits per heavy atom. The molecular weight excluding hydrogens is 346 g/mol. The van der Waals surface area contributed by atoms with E-state index in [4.69, 9.17) is 16.3 Å². The summed E-state index contributed by atoms with van der Waals surface area (Å²) >= 11 is 6.34. The van der Waals surface area contributed by atoms with Crippen LogP contribution in [0.1, 0.15) is 55.6 Å². The van der Waals surface area contributed by atoms with Crippen molar-refractivity contribution in [3.8, 4) is 0 Å². The number of carbonyl (C=O) groups excluding carboxylic acids is 1. The van der Waals surface area contributed by atoms with E-state index in [9.17, 15) is 4.79 Å². The Balaban J connectivity index is 1.98. The van der Waals surface area contributed by atoms with E-state index in [0.29, 0.717) is 17.2 Å². The van der Waals surface area contributed by atoms with Gasteiger partial charge in [0.15, 0.2) is 0 Å². The van der Waals surface area contributed by atoms with Gasteiger partial charge in [0.2, 0.25) is 0 Å². The second-order valence-corrected chi connectivity index (χ2v) is 7.94. The van der Waals surface area contributed by atoms with Crippen molar-refractivity contribution in [1.29, 1.82) is 0 Å². The summed E-state index contributed by atoms with van der Waals surface area (Å²) in [6.45, 7) is 6.92. The molecule has 2 atom stereocenters. The van der Waals surface area contributed by atoms with Gasteiger partial charge in [-0.05, 0) is 51.3 Å². The van der Waals surface area contributed by atoms with E-state index in [-0.39, 0.29) is 23.6 Å². The number of carbonyl (C=O) groups is 1. The number of hydrogen-bond donors (Lipinski definition) is 0. The molecule has 2 aromatic rings. The molecule has 4 heteroatoms. The number of amides is 1. The van der Waals surface area contributed by atoms with Gasteiger partial charge in [0.1, 0.15) is 0 Å². The third-order valence-corrected chi connectivity index (χ3v) is 5.43. The Hall–Kier alpha value is -1.84. The number of benzene rings is 2. The lowest BCUT2D eigenvalue weighted by Gasteiger charge is -2.44. The first-order valence-corrected chi connectivity index (χ1v) is 9.53. The van der Waals surface area contributed by atoms with E-state index in [1.54, 1.807) is 12.1 Å². The average Bonchev–Trinajstić information content (AvgIpc) is 2.62. The first kappa shape index (κ1) is 18.9. The van der Waals surface area contributed by atoms with Crippen LogP contribution in [0.2, 0.25) is 5.02 Å². The molecule has 1 fully saturated rings. The van der Waals surface area contributed by atoms with Crippen molar-refractivity contribution >= 4 is 17.5 Å². The largest absolute Gasteiger partial charge is 0.375 e. The molecule has 3 rings (SSSR count). The Kier molecular flexibility index (Phi) is 5.69. The first-order chi connectivity index (χ1) is 12.4. The standard InChI is InChI=1S/C22H26ClNO2/c1-16(17-9-5-4-6-10-17)24(18-13-14-26-22(2,3)15-18)21(25)19-11-7-8-12-20(19)23/h4-12,16,18H,13-15H2,1-3H3/t16-,18-/m1/s1. The summed E-state index contributed by atoms with van der Waals surface area (Å²) < 4.78 is 5.88. The van der Waals surface area contributed by atoms with Crippen molar-refractivity contribution in [2.45, 2.75) is 51.3 Å². The summed E-state index contributed by atoms with van der Waals surface area (Å²) in [4.78, 5) is 15.5. The molecule has 2 aromatic carbocycles. The van der Waals surface area contributed by atoms with Crippen LogP contribution in [-0.4, -0.2) is 29.1 Å². The number of nitrogens with zero attached hydrogens (tertiary/aromatic N) is 1. The average molecular weight is 372 g/mol. The highest BCUT2D eigenvalue weighted by atomic mass is 35.5. The van der Waals surface area contributed by atoms with Gasteiger partial charge in [-0.3, -0.25) is 4.79 Å². The molecular formula is C22H26ClNO2. The fraction of sp³-hybridized carbons (Fsp3) is 0.409. The van der Waals surface area contributed by atoms with Gasteiger partial charge < -0.3 is 9.64 Å². The second kappa shape index (κ2) is 7.81. The van der Waals surface area contributed by atoms with Gasteiger partial charge in [-0.25, -0.2) is 0 Å². The van der Waals surface area contributed by atoms with Crippen LogP contribution in [0.25, 0.3) is 0 Å². The van der Waals surface area contributed by atoms with Crippen LogP contribution in [0, 0.1) is 0 Å². The maximum atomic E-state index is 13.5. The molecule has 26 heavy (non-hydrogen) atoms. The Labute approximate surface area is 160 Å². The fourth-order valence-corrected chi connectivity index (χ4v) is 3.98. The molecule has 1 aliphatic rings. The van der Waals surface area contributed by atoms with E-state index in [2.05, 4.69) is 32.9 Å². The molecule has 0 unspecified atom stereocenters. The van der Waals surface area contributed by atoms with Crippen molar-refractivity contribution < 1.29 is 9.53 Å². The third-order valence-electron chi connectivity index (χ3n) is 5.10. The maximum absolute atomic E-state index is 13.5. The summed E-state index contributed by atoms with van der Waals surface area (Å²) in [6.07, 6.45) is 1.64. The van der Waals surface area contributed by atoms with Crippen LogP contribution in [0.4, 0.5) is 0 Å². The van der Waals surface area contributed by atoms with Crippen LogP contribution < -0.4 is 0 Å². The third kappa shape index (κ3) is 4.11. The quantitative estimate of drug-likeness (QED) is 0.710. The van der Waals surface area contributed by atoms with Gasteiger partial charge in [0.25, 0.3) is 5.91 Å². The minimum absolute atomic E-state index is 0.0188. The lowest BCUT2D eigenvalue weighted by molar-refractivity contribution is -0.0823. The van der Waals surface area contributed by atoms with Gasteiger partial charge in [0.05, 0.1) is 22.2 Å². The maximum Gasteiger partial charge on any atom is 0.256 e. The summed E-state index contributed by atoms with van der Waals surface area (Å²) in [6, 6.07) is 17.5. The molecule has 0 aliphatic carbocycles. The molecule has 0 aromatic heterocycles. The minimum Gasteiger partial charge on any atom is -0.375 e. The van der Waals surface area contributed by atoms with Crippen LogP contribution >= 0.6 is 11.6 Å². The summed E-state index contributed by atoms with van der Waals surface area (Å²) in [5, 5.41) is 0.495. The second-order valence-electron chi connectivity index (χ2n) is 7.53. The molecule has 1 aliphatic heterocycles. The normalized spacial score (nSPS) is 20.4. The van der Waals surface area contributed by atoms with Gasteiger partial charge in [-0.15, -0.1) is 0 Å².